The van der Waals surface area contributed by atoms with Crippen LogP contribution in [0.4, 0.5) is 5.69 Å². The Kier molecular flexibility index (Phi) is 5.24. The lowest BCUT2D eigenvalue weighted by Crippen LogP contribution is -1.99. The van der Waals surface area contributed by atoms with Crippen molar-refractivity contribution in [1.82, 2.24) is 0 Å². The number of unbranched alkanes of at least 4 members (excludes halogenated alkanes) is 2. The first-order chi connectivity index (χ1) is 9.74. The molecule has 0 N–H and O–H groups in total. The van der Waals surface area contributed by atoms with Crippen molar-refractivity contribution in [3.63, 3.8) is 0 Å². The number of hydrogen-bond acceptors (Lipinski definition) is 4. The molecule has 0 fully saturated rings. The molecule has 0 amide bonds. The van der Waals surface area contributed by atoms with Crippen molar-refractivity contribution < 1.29 is 9.66 Å². The number of hydrogen-bond donors (Lipinski definition) is 1. The van der Waals surface area contributed by atoms with Gasteiger partial charge in [0.25, 0.3) is 5.69 Å². The molecule has 0 aromatic heterocycles. The van der Waals surface area contributed by atoms with E-state index in [1.165, 1.54) is 6.07 Å². The van der Waals surface area contributed by atoms with E-state index in [0.29, 0.717) is 17.7 Å². The number of rotatable bonds is 7. The van der Waals surface area contributed by atoms with Crippen LogP contribution in [0.1, 0.15) is 19.3 Å². The molecule has 0 atom stereocenters. The third-order valence-electron chi connectivity index (χ3n) is 3.12. The van der Waals surface area contributed by atoms with Crippen molar-refractivity contribution >= 4 is 29.1 Å². The lowest BCUT2D eigenvalue weighted by Gasteiger charge is -2.09. The van der Waals surface area contributed by atoms with Crippen LogP contribution in [0.2, 0.25) is 0 Å². The Morgan fingerprint density at radius 1 is 1.05 bits per heavy atom. The van der Waals surface area contributed by atoms with Gasteiger partial charge in [0.2, 0.25) is 0 Å². The van der Waals surface area contributed by atoms with E-state index in [0.717, 1.165) is 30.4 Å². The summed E-state index contributed by atoms with van der Waals surface area (Å²) in [4.78, 5) is 10.7. The van der Waals surface area contributed by atoms with E-state index >= 15 is 0 Å². The lowest BCUT2D eigenvalue weighted by atomic mass is 10.1. The van der Waals surface area contributed by atoms with E-state index in [1.807, 2.05) is 12.1 Å². The third-order valence-corrected chi connectivity index (χ3v) is 3.43. The standard InChI is InChI=1S/C15H17NO3S/c17-16(18)14-8-9-15(19-10-4-1-5-11-20)13-7-3-2-6-12(13)14/h2-3,6-9,20H,1,4-5,10-11H2. The quantitative estimate of drug-likeness (QED) is 0.359. The highest BCUT2D eigenvalue weighted by Gasteiger charge is 2.14. The maximum atomic E-state index is 11.0. The fraction of sp³-hybridized carbons (Fsp3) is 0.333. The Bertz CT molecular complexity index is 601. The molecule has 2 aromatic rings. The monoisotopic (exact) mass is 291 g/mol. The fourth-order valence-electron chi connectivity index (χ4n) is 2.11. The average molecular weight is 291 g/mol. The summed E-state index contributed by atoms with van der Waals surface area (Å²) in [5, 5.41) is 12.4. The van der Waals surface area contributed by atoms with Crippen LogP contribution in [-0.2, 0) is 0 Å². The summed E-state index contributed by atoms with van der Waals surface area (Å²) in [6.45, 7) is 0.621. The maximum absolute atomic E-state index is 11.0. The lowest BCUT2D eigenvalue weighted by molar-refractivity contribution is -0.383. The van der Waals surface area contributed by atoms with Crippen molar-refractivity contribution in [2.45, 2.75) is 19.3 Å². The number of nitro groups is 1. The summed E-state index contributed by atoms with van der Waals surface area (Å²) < 4.78 is 5.75. The van der Waals surface area contributed by atoms with Crippen molar-refractivity contribution in [2.24, 2.45) is 0 Å². The van der Waals surface area contributed by atoms with E-state index in [1.54, 1.807) is 18.2 Å². The third kappa shape index (κ3) is 3.42. The van der Waals surface area contributed by atoms with Gasteiger partial charge in [0, 0.05) is 11.5 Å². The van der Waals surface area contributed by atoms with Gasteiger partial charge in [0.05, 0.1) is 16.9 Å². The Labute approximate surface area is 123 Å². The first kappa shape index (κ1) is 14.7. The van der Waals surface area contributed by atoms with Crippen LogP contribution in [0.3, 0.4) is 0 Å². The molecule has 0 saturated heterocycles. The van der Waals surface area contributed by atoms with Gasteiger partial charge in [-0.15, -0.1) is 0 Å². The average Bonchev–Trinajstić information content (AvgIpc) is 2.46. The van der Waals surface area contributed by atoms with E-state index in [-0.39, 0.29) is 10.6 Å². The molecule has 0 aliphatic heterocycles. The molecule has 2 aromatic carbocycles. The second kappa shape index (κ2) is 7.14. The van der Waals surface area contributed by atoms with Gasteiger partial charge in [-0.3, -0.25) is 10.1 Å². The van der Waals surface area contributed by atoms with Gasteiger partial charge in [-0.05, 0) is 37.1 Å². The largest absolute Gasteiger partial charge is 0.493 e. The van der Waals surface area contributed by atoms with Gasteiger partial charge in [-0.25, -0.2) is 0 Å². The van der Waals surface area contributed by atoms with Crippen molar-refractivity contribution in [1.29, 1.82) is 0 Å². The number of ether oxygens (including phenoxy) is 1. The van der Waals surface area contributed by atoms with Crippen LogP contribution >= 0.6 is 12.6 Å². The zero-order chi connectivity index (χ0) is 14.4. The molecule has 106 valence electrons. The number of nitrogens with zero attached hydrogens (tertiary/aromatic N) is 1. The van der Waals surface area contributed by atoms with E-state index < -0.39 is 0 Å². The molecule has 0 bridgehead atoms. The molecule has 0 saturated carbocycles. The Morgan fingerprint density at radius 2 is 1.80 bits per heavy atom. The van der Waals surface area contributed by atoms with Gasteiger partial charge < -0.3 is 4.74 Å². The van der Waals surface area contributed by atoms with Gasteiger partial charge in [0.15, 0.2) is 0 Å². The zero-order valence-electron chi connectivity index (χ0n) is 11.1. The summed E-state index contributed by atoms with van der Waals surface area (Å²) in [7, 11) is 0. The SMILES string of the molecule is O=[N+]([O-])c1ccc(OCCCCCS)c2ccccc12. The van der Waals surface area contributed by atoms with E-state index in [4.69, 9.17) is 4.74 Å². The van der Waals surface area contributed by atoms with Gasteiger partial charge in [-0.1, -0.05) is 18.2 Å². The topological polar surface area (TPSA) is 52.4 Å². The zero-order valence-corrected chi connectivity index (χ0v) is 12.0. The molecule has 0 aliphatic carbocycles. The predicted octanol–water partition coefficient (Wildman–Crippen LogP) is 4.23. The maximum Gasteiger partial charge on any atom is 0.277 e. The molecule has 0 heterocycles. The molecule has 0 unspecified atom stereocenters. The van der Waals surface area contributed by atoms with Crippen molar-refractivity contribution in [2.75, 3.05) is 12.4 Å². The fourth-order valence-corrected chi connectivity index (χ4v) is 2.34. The Hall–Kier alpha value is -1.75. The number of nitro benzene ring substituents is 1. The minimum Gasteiger partial charge on any atom is -0.493 e. The smallest absolute Gasteiger partial charge is 0.277 e. The highest BCUT2D eigenvalue weighted by Crippen LogP contribution is 2.32. The number of fused-ring (bicyclic) bond motifs is 1. The molecule has 0 radical (unpaired) electrons. The molecule has 0 aliphatic rings. The van der Waals surface area contributed by atoms with Crippen LogP contribution in [0.25, 0.3) is 10.8 Å². The van der Waals surface area contributed by atoms with Crippen molar-refractivity contribution in [3.8, 4) is 5.75 Å². The molecular formula is C15H17NO3S. The second-order valence-corrected chi connectivity index (χ2v) is 4.97. The summed E-state index contributed by atoms with van der Waals surface area (Å²) in [6, 6.07) is 10.4. The normalized spacial score (nSPS) is 10.7. The highest BCUT2D eigenvalue weighted by atomic mass is 32.1. The van der Waals surface area contributed by atoms with E-state index in [2.05, 4.69) is 12.6 Å². The number of thiol groups is 1. The second-order valence-electron chi connectivity index (χ2n) is 4.52. The molecule has 0 spiro atoms. The van der Waals surface area contributed by atoms with Crippen molar-refractivity contribution in [3.05, 3.63) is 46.5 Å². The minimum atomic E-state index is -0.362. The van der Waals surface area contributed by atoms with Crippen LogP contribution in [0.5, 0.6) is 5.75 Å². The first-order valence-corrected chi connectivity index (χ1v) is 7.27. The molecular weight excluding hydrogens is 274 g/mol. The molecule has 20 heavy (non-hydrogen) atoms. The van der Waals surface area contributed by atoms with Crippen LogP contribution in [0, 0.1) is 10.1 Å². The van der Waals surface area contributed by atoms with Crippen LogP contribution in [-0.4, -0.2) is 17.3 Å². The molecule has 5 heteroatoms. The van der Waals surface area contributed by atoms with Crippen LogP contribution < -0.4 is 4.74 Å². The van der Waals surface area contributed by atoms with E-state index in [9.17, 15) is 10.1 Å². The summed E-state index contributed by atoms with van der Waals surface area (Å²) in [5.74, 6) is 1.59. The van der Waals surface area contributed by atoms with Gasteiger partial charge in [0.1, 0.15) is 5.75 Å². The summed E-state index contributed by atoms with van der Waals surface area (Å²) >= 11 is 4.17. The predicted molar refractivity (Wildman–Crippen MR) is 83.8 cm³/mol. The summed E-state index contributed by atoms with van der Waals surface area (Å²) in [5.41, 5.74) is 0.114. The summed E-state index contributed by atoms with van der Waals surface area (Å²) in [6.07, 6.45) is 3.12. The number of benzene rings is 2. The molecule has 2 rings (SSSR count). The minimum absolute atomic E-state index is 0.114. The van der Waals surface area contributed by atoms with Gasteiger partial charge >= 0.3 is 0 Å². The number of non-ortho nitro benzene ring substituents is 1. The first-order valence-electron chi connectivity index (χ1n) is 6.64. The Morgan fingerprint density at radius 3 is 2.50 bits per heavy atom. The van der Waals surface area contributed by atoms with Crippen LogP contribution in [0.15, 0.2) is 36.4 Å². The Balaban J connectivity index is 2.18. The van der Waals surface area contributed by atoms with Gasteiger partial charge in [-0.2, -0.15) is 12.6 Å². The molecule has 4 nitrogen and oxygen atoms in total. The highest BCUT2D eigenvalue weighted by molar-refractivity contribution is 7.80.